The van der Waals surface area contributed by atoms with Crippen molar-refractivity contribution in [3.05, 3.63) is 69.8 Å². The summed E-state index contributed by atoms with van der Waals surface area (Å²) in [6.07, 6.45) is 0.828. The highest BCUT2D eigenvalue weighted by molar-refractivity contribution is 6.07. The van der Waals surface area contributed by atoms with Gasteiger partial charge < -0.3 is 4.90 Å². The molecule has 3 rings (SSSR count). The molecule has 5 heteroatoms. The molecule has 106 valence electrons. The minimum Gasteiger partial charge on any atom is -0.305 e. The highest BCUT2D eigenvalue weighted by Gasteiger charge is 2.31. The molecule has 0 bridgehead atoms. The second kappa shape index (κ2) is 5.01. The minimum absolute atomic E-state index is 0.0126. The Bertz CT molecular complexity index is 710. The van der Waals surface area contributed by atoms with Gasteiger partial charge >= 0.3 is 0 Å². The summed E-state index contributed by atoms with van der Waals surface area (Å²) in [6, 6.07) is 13.7. The molecule has 0 fully saturated rings. The number of nitrogens with zero attached hydrogens (tertiary/aromatic N) is 2. The molecular weight excluding hydrogens is 268 g/mol. The fourth-order valence-electron chi connectivity index (χ4n) is 2.74. The van der Waals surface area contributed by atoms with Crippen LogP contribution in [-0.4, -0.2) is 16.9 Å². The largest absolute Gasteiger partial charge is 0.305 e. The van der Waals surface area contributed by atoms with Crippen LogP contribution < -0.4 is 4.90 Å². The average Bonchev–Trinajstić information content (AvgIpc) is 2.82. The molecule has 0 saturated heterocycles. The molecule has 1 heterocycles. The van der Waals surface area contributed by atoms with Crippen molar-refractivity contribution in [2.75, 3.05) is 4.90 Å². The Labute approximate surface area is 122 Å². The summed E-state index contributed by atoms with van der Waals surface area (Å²) in [6.45, 7) is 2.00. The van der Waals surface area contributed by atoms with E-state index in [0.29, 0.717) is 5.56 Å². The van der Waals surface area contributed by atoms with Crippen LogP contribution in [0.4, 0.5) is 11.4 Å². The molecule has 0 unspecified atom stereocenters. The van der Waals surface area contributed by atoms with Gasteiger partial charge in [0, 0.05) is 29.4 Å². The van der Waals surface area contributed by atoms with Crippen molar-refractivity contribution >= 4 is 17.3 Å². The number of amides is 1. The molecule has 1 atom stereocenters. The number of carbonyl (C=O) groups is 1. The van der Waals surface area contributed by atoms with Crippen molar-refractivity contribution in [3.8, 4) is 0 Å². The molecule has 1 aliphatic rings. The highest BCUT2D eigenvalue weighted by atomic mass is 16.6. The molecule has 0 saturated carbocycles. The minimum atomic E-state index is -0.470. The van der Waals surface area contributed by atoms with Crippen LogP contribution in [0.25, 0.3) is 0 Å². The number of nitro groups is 1. The first-order valence-electron chi connectivity index (χ1n) is 6.74. The van der Waals surface area contributed by atoms with Gasteiger partial charge in [-0.3, -0.25) is 14.9 Å². The Hall–Kier alpha value is -2.69. The second-order valence-electron chi connectivity index (χ2n) is 5.16. The smallest absolute Gasteiger partial charge is 0.269 e. The monoisotopic (exact) mass is 282 g/mol. The van der Waals surface area contributed by atoms with Crippen molar-refractivity contribution in [1.29, 1.82) is 0 Å². The van der Waals surface area contributed by atoms with Crippen LogP contribution in [0.1, 0.15) is 22.8 Å². The zero-order valence-electron chi connectivity index (χ0n) is 11.5. The van der Waals surface area contributed by atoms with Crippen molar-refractivity contribution < 1.29 is 9.72 Å². The third kappa shape index (κ3) is 2.27. The first-order valence-corrected chi connectivity index (χ1v) is 6.74. The second-order valence-corrected chi connectivity index (χ2v) is 5.16. The molecule has 21 heavy (non-hydrogen) atoms. The molecule has 0 aromatic heterocycles. The van der Waals surface area contributed by atoms with Gasteiger partial charge in [-0.1, -0.05) is 18.2 Å². The number of para-hydroxylation sites is 1. The number of rotatable bonds is 2. The van der Waals surface area contributed by atoms with Crippen molar-refractivity contribution in [2.24, 2.45) is 0 Å². The third-order valence-electron chi connectivity index (χ3n) is 3.75. The van der Waals surface area contributed by atoms with Gasteiger partial charge in [0.2, 0.25) is 0 Å². The number of hydrogen-bond acceptors (Lipinski definition) is 3. The molecule has 0 spiro atoms. The van der Waals surface area contributed by atoms with Gasteiger partial charge in [0.05, 0.1) is 4.92 Å². The summed E-state index contributed by atoms with van der Waals surface area (Å²) in [5.41, 5.74) is 2.53. The van der Waals surface area contributed by atoms with Crippen LogP contribution in [0.3, 0.4) is 0 Å². The summed E-state index contributed by atoms with van der Waals surface area (Å²) in [5.74, 6) is -0.123. The summed E-state index contributed by atoms with van der Waals surface area (Å²) < 4.78 is 0. The lowest BCUT2D eigenvalue weighted by molar-refractivity contribution is -0.384. The van der Waals surface area contributed by atoms with Gasteiger partial charge in [0.25, 0.3) is 11.6 Å². The van der Waals surface area contributed by atoms with Crippen LogP contribution in [0.15, 0.2) is 48.5 Å². The van der Waals surface area contributed by atoms with Gasteiger partial charge in [-0.05, 0) is 37.1 Å². The lowest BCUT2D eigenvalue weighted by Gasteiger charge is -2.22. The van der Waals surface area contributed by atoms with Crippen LogP contribution in [-0.2, 0) is 6.42 Å². The van der Waals surface area contributed by atoms with Crippen LogP contribution in [0, 0.1) is 10.1 Å². The Morgan fingerprint density at radius 1 is 1.19 bits per heavy atom. The highest BCUT2D eigenvalue weighted by Crippen LogP contribution is 2.33. The van der Waals surface area contributed by atoms with Crippen molar-refractivity contribution in [3.63, 3.8) is 0 Å². The zero-order chi connectivity index (χ0) is 15.0. The predicted molar refractivity (Wildman–Crippen MR) is 79.5 cm³/mol. The Morgan fingerprint density at radius 2 is 1.86 bits per heavy atom. The topological polar surface area (TPSA) is 63.5 Å². The van der Waals surface area contributed by atoms with E-state index in [1.165, 1.54) is 24.3 Å². The molecule has 5 nitrogen and oxygen atoms in total. The van der Waals surface area contributed by atoms with E-state index in [-0.39, 0.29) is 17.6 Å². The molecule has 0 aliphatic carbocycles. The number of nitro benzene ring substituents is 1. The Balaban J connectivity index is 1.93. The number of hydrogen-bond donors (Lipinski definition) is 0. The van der Waals surface area contributed by atoms with E-state index in [0.717, 1.165) is 17.7 Å². The van der Waals surface area contributed by atoms with Crippen LogP contribution in [0.2, 0.25) is 0 Å². The van der Waals surface area contributed by atoms with Crippen molar-refractivity contribution in [1.82, 2.24) is 0 Å². The number of fused-ring (bicyclic) bond motifs is 1. The maximum absolute atomic E-state index is 12.7. The number of anilines is 1. The number of benzene rings is 2. The standard InChI is InChI=1S/C16H14N2O3/c1-11-10-13-4-2-3-5-15(13)17(11)16(19)12-6-8-14(9-7-12)18(20)21/h2-9,11H,10H2,1H3/t11-/m1/s1. The molecule has 1 amide bonds. The Kier molecular flexibility index (Phi) is 3.17. The van der Waals surface area contributed by atoms with Gasteiger partial charge in [-0.25, -0.2) is 0 Å². The van der Waals surface area contributed by atoms with E-state index < -0.39 is 4.92 Å². The number of carbonyl (C=O) groups excluding carboxylic acids is 1. The predicted octanol–water partition coefficient (Wildman–Crippen LogP) is 3.19. The fourth-order valence-corrected chi connectivity index (χ4v) is 2.74. The normalized spacial score (nSPS) is 16.6. The third-order valence-corrected chi connectivity index (χ3v) is 3.75. The van der Waals surface area contributed by atoms with Crippen LogP contribution in [0.5, 0.6) is 0 Å². The molecule has 2 aromatic carbocycles. The molecule has 0 N–H and O–H groups in total. The molecule has 1 aliphatic heterocycles. The average molecular weight is 282 g/mol. The first kappa shape index (κ1) is 13.3. The first-order chi connectivity index (χ1) is 10.1. The lowest BCUT2D eigenvalue weighted by Crippen LogP contribution is -2.35. The zero-order valence-corrected chi connectivity index (χ0v) is 11.5. The van der Waals surface area contributed by atoms with E-state index in [1.54, 1.807) is 4.90 Å². The fraction of sp³-hybridized carbons (Fsp3) is 0.188. The maximum Gasteiger partial charge on any atom is 0.269 e. The van der Waals surface area contributed by atoms with E-state index in [1.807, 2.05) is 31.2 Å². The number of non-ortho nitro benzene ring substituents is 1. The van der Waals surface area contributed by atoms with E-state index >= 15 is 0 Å². The molecular formula is C16H14N2O3. The summed E-state index contributed by atoms with van der Waals surface area (Å²) >= 11 is 0. The van der Waals surface area contributed by atoms with Crippen LogP contribution >= 0.6 is 0 Å². The van der Waals surface area contributed by atoms with E-state index in [9.17, 15) is 14.9 Å². The van der Waals surface area contributed by atoms with E-state index in [4.69, 9.17) is 0 Å². The quantitative estimate of drug-likeness (QED) is 0.627. The van der Waals surface area contributed by atoms with Gasteiger partial charge in [0.15, 0.2) is 0 Å². The summed E-state index contributed by atoms with van der Waals surface area (Å²) in [7, 11) is 0. The lowest BCUT2D eigenvalue weighted by atomic mass is 10.1. The van der Waals surface area contributed by atoms with Crippen molar-refractivity contribution in [2.45, 2.75) is 19.4 Å². The maximum atomic E-state index is 12.7. The molecule has 2 aromatic rings. The SMILES string of the molecule is C[C@@H]1Cc2ccccc2N1C(=O)c1ccc([N+](=O)[O-])cc1. The Morgan fingerprint density at radius 3 is 2.52 bits per heavy atom. The van der Waals surface area contributed by atoms with E-state index in [2.05, 4.69) is 0 Å². The van der Waals surface area contributed by atoms with Gasteiger partial charge in [-0.15, -0.1) is 0 Å². The summed E-state index contributed by atoms with van der Waals surface area (Å²) in [5, 5.41) is 10.7. The summed E-state index contributed by atoms with van der Waals surface area (Å²) in [4.78, 5) is 24.6. The van der Waals surface area contributed by atoms with Gasteiger partial charge in [0.1, 0.15) is 0 Å². The van der Waals surface area contributed by atoms with Gasteiger partial charge in [-0.2, -0.15) is 0 Å². The molecule has 0 radical (unpaired) electrons.